The molecule has 1 aliphatic rings. The van der Waals surface area contributed by atoms with Crippen LogP contribution in [0.1, 0.15) is 29.3 Å². The van der Waals surface area contributed by atoms with E-state index in [4.69, 9.17) is 4.74 Å². The monoisotopic (exact) mass is 326 g/mol. The quantitative estimate of drug-likeness (QED) is 0.930. The summed E-state index contributed by atoms with van der Waals surface area (Å²) in [5.74, 6) is 1.01. The van der Waals surface area contributed by atoms with Gasteiger partial charge in [0.2, 0.25) is 0 Å². The van der Waals surface area contributed by atoms with Gasteiger partial charge in [0.25, 0.3) is 5.91 Å². The molecule has 0 saturated carbocycles. The molecular formula is C18H18N2O2S. The summed E-state index contributed by atoms with van der Waals surface area (Å²) in [5.41, 5.74) is 1.75. The molecule has 2 aromatic rings. The van der Waals surface area contributed by atoms with Crippen LogP contribution in [0, 0.1) is 17.2 Å². The highest BCUT2D eigenvalue weighted by atomic mass is 32.1. The van der Waals surface area contributed by atoms with Crippen molar-refractivity contribution in [2.45, 2.75) is 26.2 Å². The number of fused-ring (bicyclic) bond motifs is 1. The van der Waals surface area contributed by atoms with E-state index in [0.717, 1.165) is 24.8 Å². The van der Waals surface area contributed by atoms with E-state index in [1.807, 2.05) is 18.2 Å². The number of rotatable bonds is 4. The van der Waals surface area contributed by atoms with Crippen LogP contribution in [0.15, 0.2) is 30.3 Å². The Hall–Kier alpha value is -2.32. The molecule has 118 valence electrons. The molecule has 0 fully saturated rings. The molecular weight excluding hydrogens is 308 g/mol. The molecule has 0 radical (unpaired) electrons. The van der Waals surface area contributed by atoms with Gasteiger partial charge in [0.05, 0.1) is 5.56 Å². The fraction of sp³-hybridized carbons (Fsp3) is 0.333. The molecule has 23 heavy (non-hydrogen) atoms. The number of nitrogens with zero attached hydrogens (tertiary/aromatic N) is 1. The number of hydrogen-bond acceptors (Lipinski definition) is 4. The second-order valence-electron chi connectivity index (χ2n) is 5.82. The summed E-state index contributed by atoms with van der Waals surface area (Å²) in [6.45, 7) is 2.14. The van der Waals surface area contributed by atoms with E-state index < -0.39 is 0 Å². The lowest BCUT2D eigenvalue weighted by Crippen LogP contribution is -2.20. The summed E-state index contributed by atoms with van der Waals surface area (Å²) >= 11 is 1.53. The van der Waals surface area contributed by atoms with Crippen LogP contribution >= 0.6 is 11.3 Å². The van der Waals surface area contributed by atoms with Crippen molar-refractivity contribution in [2.24, 2.45) is 5.92 Å². The van der Waals surface area contributed by atoms with Crippen LogP contribution in [0.4, 0.5) is 5.00 Å². The molecule has 1 aromatic carbocycles. The molecule has 1 atom stereocenters. The molecule has 0 spiro atoms. The summed E-state index contributed by atoms with van der Waals surface area (Å²) in [7, 11) is 0. The first-order valence-electron chi connectivity index (χ1n) is 7.69. The fourth-order valence-corrected chi connectivity index (χ4v) is 4.00. The normalized spacial score (nSPS) is 16.3. The highest BCUT2D eigenvalue weighted by Gasteiger charge is 2.24. The number of thiophene rings is 1. The summed E-state index contributed by atoms with van der Waals surface area (Å²) in [5, 5.41) is 12.9. The van der Waals surface area contributed by atoms with Crippen molar-refractivity contribution in [1.29, 1.82) is 5.26 Å². The zero-order valence-corrected chi connectivity index (χ0v) is 13.8. The van der Waals surface area contributed by atoms with Crippen LogP contribution in [0.2, 0.25) is 0 Å². The lowest BCUT2D eigenvalue weighted by atomic mass is 9.88. The van der Waals surface area contributed by atoms with E-state index in [9.17, 15) is 10.1 Å². The van der Waals surface area contributed by atoms with Crippen molar-refractivity contribution in [2.75, 3.05) is 11.9 Å². The smallest absolute Gasteiger partial charge is 0.262 e. The molecule has 1 N–H and O–H groups in total. The number of carbonyl (C=O) groups is 1. The molecule has 4 nitrogen and oxygen atoms in total. The zero-order valence-electron chi connectivity index (χ0n) is 13.0. The van der Waals surface area contributed by atoms with Gasteiger partial charge in [-0.25, -0.2) is 0 Å². The van der Waals surface area contributed by atoms with E-state index in [-0.39, 0.29) is 12.5 Å². The van der Waals surface area contributed by atoms with Crippen LogP contribution < -0.4 is 10.1 Å². The lowest BCUT2D eigenvalue weighted by Gasteiger charge is -2.17. The van der Waals surface area contributed by atoms with E-state index in [2.05, 4.69) is 18.3 Å². The minimum absolute atomic E-state index is 0.0617. The summed E-state index contributed by atoms with van der Waals surface area (Å²) in [4.78, 5) is 13.3. The average molecular weight is 326 g/mol. The number of nitrogens with one attached hydrogen (secondary N) is 1. The van der Waals surface area contributed by atoms with E-state index in [1.165, 1.54) is 16.2 Å². The number of ether oxygens (including phenoxy) is 1. The van der Waals surface area contributed by atoms with E-state index in [1.54, 1.807) is 12.1 Å². The van der Waals surface area contributed by atoms with Crippen molar-refractivity contribution in [3.8, 4) is 11.8 Å². The second kappa shape index (κ2) is 6.84. The number of para-hydroxylation sites is 1. The molecule has 0 bridgehead atoms. The van der Waals surface area contributed by atoms with Crippen molar-refractivity contribution >= 4 is 22.2 Å². The Bertz CT molecular complexity index is 746. The number of aryl methyl sites for hydroxylation is 1. The Morgan fingerprint density at radius 3 is 2.96 bits per heavy atom. The number of hydrogen-bond donors (Lipinski definition) is 1. The molecule has 1 aromatic heterocycles. The minimum atomic E-state index is -0.239. The molecule has 3 rings (SSSR count). The predicted octanol–water partition coefficient (Wildman–Crippen LogP) is 3.76. The molecule has 0 saturated heterocycles. The number of amides is 1. The van der Waals surface area contributed by atoms with Gasteiger partial charge in [-0.2, -0.15) is 5.26 Å². The van der Waals surface area contributed by atoms with Crippen LogP contribution in [-0.4, -0.2) is 12.5 Å². The standard InChI is InChI=1S/C18H18N2O2S/c1-12-7-8-16-14(9-12)15(10-19)18(23-16)20-17(21)11-22-13-5-3-2-4-6-13/h2-6,12H,7-9,11H2,1H3,(H,20,21). The number of nitriles is 1. The van der Waals surface area contributed by atoms with Gasteiger partial charge in [-0.3, -0.25) is 4.79 Å². The van der Waals surface area contributed by atoms with Gasteiger partial charge < -0.3 is 10.1 Å². The largest absolute Gasteiger partial charge is 0.484 e. The SMILES string of the molecule is CC1CCc2sc(NC(=O)COc3ccccc3)c(C#N)c2C1. The number of anilines is 1. The van der Waals surface area contributed by atoms with Crippen molar-refractivity contribution < 1.29 is 9.53 Å². The number of carbonyl (C=O) groups excluding carboxylic acids is 1. The Labute approximate surface area is 139 Å². The third-order valence-electron chi connectivity index (χ3n) is 3.99. The van der Waals surface area contributed by atoms with Crippen LogP contribution in [0.3, 0.4) is 0 Å². The highest BCUT2D eigenvalue weighted by Crippen LogP contribution is 2.39. The van der Waals surface area contributed by atoms with Gasteiger partial charge in [-0.15, -0.1) is 11.3 Å². The average Bonchev–Trinajstić information content (AvgIpc) is 2.90. The van der Waals surface area contributed by atoms with E-state index in [0.29, 0.717) is 22.2 Å². The first-order chi connectivity index (χ1) is 11.2. The first-order valence-corrected chi connectivity index (χ1v) is 8.51. The van der Waals surface area contributed by atoms with Crippen molar-refractivity contribution in [3.05, 3.63) is 46.3 Å². The molecule has 1 amide bonds. The van der Waals surface area contributed by atoms with Crippen molar-refractivity contribution in [3.63, 3.8) is 0 Å². The minimum Gasteiger partial charge on any atom is -0.484 e. The van der Waals surface area contributed by atoms with Gasteiger partial charge >= 0.3 is 0 Å². The molecule has 1 heterocycles. The third kappa shape index (κ3) is 3.54. The maximum atomic E-state index is 12.1. The van der Waals surface area contributed by atoms with Crippen molar-refractivity contribution in [1.82, 2.24) is 0 Å². The highest BCUT2D eigenvalue weighted by molar-refractivity contribution is 7.16. The third-order valence-corrected chi connectivity index (χ3v) is 5.19. The summed E-state index contributed by atoms with van der Waals surface area (Å²) in [6.07, 6.45) is 3.06. The van der Waals surface area contributed by atoms with Gasteiger partial charge in [-0.1, -0.05) is 25.1 Å². The van der Waals surface area contributed by atoms with Crippen LogP contribution in [0.25, 0.3) is 0 Å². The van der Waals surface area contributed by atoms with Gasteiger partial charge in [0, 0.05) is 4.88 Å². The van der Waals surface area contributed by atoms with Gasteiger partial charge in [0.15, 0.2) is 6.61 Å². The van der Waals surface area contributed by atoms with Gasteiger partial charge in [0.1, 0.15) is 16.8 Å². The first kappa shape index (κ1) is 15.6. The Morgan fingerprint density at radius 2 is 2.22 bits per heavy atom. The maximum Gasteiger partial charge on any atom is 0.262 e. The summed E-state index contributed by atoms with van der Waals surface area (Å²) in [6, 6.07) is 11.5. The predicted molar refractivity (Wildman–Crippen MR) is 90.8 cm³/mol. The Morgan fingerprint density at radius 1 is 1.43 bits per heavy atom. The zero-order chi connectivity index (χ0) is 16.2. The number of benzene rings is 1. The Balaban J connectivity index is 1.68. The molecule has 1 unspecified atom stereocenters. The second-order valence-corrected chi connectivity index (χ2v) is 6.92. The summed E-state index contributed by atoms with van der Waals surface area (Å²) < 4.78 is 5.44. The van der Waals surface area contributed by atoms with E-state index >= 15 is 0 Å². The maximum absolute atomic E-state index is 12.1. The van der Waals surface area contributed by atoms with Crippen LogP contribution in [0.5, 0.6) is 5.75 Å². The molecule has 0 aliphatic heterocycles. The molecule has 5 heteroatoms. The van der Waals surface area contributed by atoms with Gasteiger partial charge in [-0.05, 0) is 42.9 Å². The molecule has 1 aliphatic carbocycles. The lowest BCUT2D eigenvalue weighted by molar-refractivity contribution is -0.118. The fourth-order valence-electron chi connectivity index (χ4n) is 2.79. The van der Waals surface area contributed by atoms with Crippen LogP contribution in [-0.2, 0) is 17.6 Å². The Kier molecular flexibility index (Phi) is 4.63. The topological polar surface area (TPSA) is 62.1 Å².